The molecule has 0 aliphatic carbocycles. The average Bonchev–Trinajstić information content (AvgIpc) is 0.965. The lowest BCUT2D eigenvalue weighted by atomic mass is 10.0. The summed E-state index contributed by atoms with van der Waals surface area (Å²) in [5.74, 6) is -2.00. The number of rotatable bonds is 80. The first-order valence-electron chi connectivity index (χ1n) is 43.9. The maximum atomic E-state index is 13.0. The van der Waals surface area contributed by atoms with Crippen molar-refractivity contribution < 1.29 is 42.9 Å². The van der Waals surface area contributed by atoms with E-state index in [2.05, 4.69) is 196 Å². The molecule has 0 bridgehead atoms. The summed E-state index contributed by atoms with van der Waals surface area (Å²) in [7, 11) is 5.99. The van der Waals surface area contributed by atoms with Crippen LogP contribution in [0.2, 0.25) is 0 Å². The van der Waals surface area contributed by atoms with E-state index in [1.165, 1.54) is 199 Å². The third-order valence-corrected chi connectivity index (χ3v) is 18.7. The molecule has 0 amide bonds. The standard InChI is InChI=1S/C98H163NO8/c1-6-8-10-12-14-16-18-20-22-24-26-28-30-32-34-36-38-40-42-44-46-48-50-52-54-56-58-60-62-64-66-68-70-72-74-76-78-80-82-84-86-88-95(100)105-92-94(93-106-98(97(102)103)104-91-90-99(3,4)5)107-96(101)89-87-85-83-81-79-77-75-73-71-69-67-65-63-61-59-57-55-53-51-49-47-45-43-41-39-37-35-33-31-29-27-25-23-21-19-17-15-13-11-9-7-2/h8-11,14-17,20-23,26-29,32-35,38-41,44-47,51,53,94,98H,6-7,12-13,18-19,24-25,30-31,36-37,42-43,48-50,52,54-93H2,1-5H3/p+1/b10-8-,11-9-,16-14-,17-15-,22-20-,23-21-,28-26-,29-27-,34-32-,35-33-,40-38-,41-39-,46-44-,47-45-,53-51-. The van der Waals surface area contributed by atoms with Crippen molar-refractivity contribution in [1.29, 1.82) is 0 Å². The first-order chi connectivity index (χ1) is 52.6. The Balaban J connectivity index is 4.00. The number of carbonyl (C=O) groups is 3. The Morgan fingerprint density at radius 2 is 0.505 bits per heavy atom. The van der Waals surface area contributed by atoms with E-state index in [1.54, 1.807) is 0 Å². The fourth-order valence-electron chi connectivity index (χ4n) is 12.1. The monoisotopic (exact) mass is 1480 g/mol. The SMILES string of the molecule is CC/C=C\C/C=C\C/C=C\C/C=C\C/C=C\C/C=C\C/C=C\C/C=C\CCCCCCCCCCCCCCCCCCC(=O)OC(COC(=O)CCCCCCCCCCCCCCCCCCCCC/C=C\C/C=C\C/C=C\C/C=C\C/C=C\C/C=C\C/C=C\CC)COC(OCC[N+](C)(C)C)C(=O)O. The molecule has 0 radical (unpaired) electrons. The van der Waals surface area contributed by atoms with Crippen LogP contribution in [0.4, 0.5) is 0 Å². The van der Waals surface area contributed by atoms with E-state index in [0.717, 1.165) is 135 Å². The van der Waals surface area contributed by atoms with Crippen LogP contribution in [0.3, 0.4) is 0 Å². The fourth-order valence-corrected chi connectivity index (χ4v) is 12.1. The van der Waals surface area contributed by atoms with E-state index < -0.39 is 24.3 Å². The minimum atomic E-state index is -1.52. The number of esters is 2. The zero-order chi connectivity index (χ0) is 77.4. The number of quaternary nitrogens is 1. The van der Waals surface area contributed by atoms with Gasteiger partial charge in [-0.05, 0) is 135 Å². The number of likely N-dealkylation sites (N-methyl/N-ethyl adjacent to an activating group) is 1. The van der Waals surface area contributed by atoms with E-state index in [9.17, 15) is 19.5 Å². The molecule has 2 atom stereocenters. The smallest absolute Gasteiger partial charge is 0.361 e. The van der Waals surface area contributed by atoms with Gasteiger partial charge in [-0.25, -0.2) is 4.79 Å². The largest absolute Gasteiger partial charge is 0.477 e. The first-order valence-corrected chi connectivity index (χ1v) is 43.9. The molecule has 0 aliphatic heterocycles. The van der Waals surface area contributed by atoms with Gasteiger partial charge in [-0.1, -0.05) is 395 Å². The number of carbonyl (C=O) groups excluding carboxylic acids is 2. The Morgan fingerprint density at radius 1 is 0.280 bits per heavy atom. The molecule has 0 saturated carbocycles. The van der Waals surface area contributed by atoms with Gasteiger partial charge in [0, 0.05) is 12.8 Å². The van der Waals surface area contributed by atoms with Gasteiger partial charge in [0.05, 0.1) is 34.4 Å². The highest BCUT2D eigenvalue weighted by molar-refractivity contribution is 5.71. The van der Waals surface area contributed by atoms with Crippen molar-refractivity contribution in [3.8, 4) is 0 Å². The molecule has 1 N–H and O–H groups in total. The molecule has 0 heterocycles. The van der Waals surface area contributed by atoms with Gasteiger partial charge in [-0.3, -0.25) is 9.59 Å². The molecule has 0 aromatic carbocycles. The summed E-state index contributed by atoms with van der Waals surface area (Å²) < 4.78 is 23.1. The second-order valence-corrected chi connectivity index (χ2v) is 30.1. The molecule has 0 rings (SSSR count). The molecule has 107 heavy (non-hydrogen) atoms. The zero-order valence-corrected chi connectivity index (χ0v) is 69.7. The van der Waals surface area contributed by atoms with Gasteiger partial charge < -0.3 is 28.5 Å². The summed E-state index contributed by atoms with van der Waals surface area (Å²) in [4.78, 5) is 37.8. The Kier molecular flexibility index (Phi) is 81.5. The highest BCUT2D eigenvalue weighted by atomic mass is 16.7. The molecule has 2 unspecified atom stereocenters. The normalized spacial score (nSPS) is 13.5. The lowest BCUT2D eigenvalue weighted by molar-refractivity contribution is -0.870. The van der Waals surface area contributed by atoms with Crippen molar-refractivity contribution >= 4 is 17.9 Å². The van der Waals surface area contributed by atoms with E-state index in [4.69, 9.17) is 18.9 Å². The van der Waals surface area contributed by atoms with Crippen LogP contribution in [0.25, 0.3) is 0 Å². The van der Waals surface area contributed by atoms with E-state index in [0.29, 0.717) is 17.4 Å². The Bertz CT molecular complexity index is 2430. The van der Waals surface area contributed by atoms with Crippen molar-refractivity contribution in [1.82, 2.24) is 0 Å². The van der Waals surface area contributed by atoms with Crippen LogP contribution in [0.5, 0.6) is 0 Å². The van der Waals surface area contributed by atoms with Crippen molar-refractivity contribution in [2.75, 3.05) is 47.5 Å². The molecule has 0 spiro atoms. The fraction of sp³-hybridized carbons (Fsp3) is 0.663. The third kappa shape index (κ3) is 87.5. The van der Waals surface area contributed by atoms with Crippen molar-refractivity contribution in [3.63, 3.8) is 0 Å². The van der Waals surface area contributed by atoms with Crippen LogP contribution >= 0.6 is 0 Å². The number of ether oxygens (including phenoxy) is 4. The molecular weight excluding hydrogens is 1320 g/mol. The number of hydrogen-bond acceptors (Lipinski definition) is 7. The lowest BCUT2D eigenvalue weighted by Gasteiger charge is -2.25. The number of carboxylic acid groups (broad SMARTS) is 1. The topological polar surface area (TPSA) is 108 Å². The van der Waals surface area contributed by atoms with Gasteiger partial charge in [0.1, 0.15) is 13.2 Å². The van der Waals surface area contributed by atoms with Crippen LogP contribution in [-0.2, 0) is 33.3 Å². The van der Waals surface area contributed by atoms with Crippen LogP contribution in [0, 0.1) is 0 Å². The predicted octanol–water partition coefficient (Wildman–Crippen LogP) is 29.0. The molecule has 0 fully saturated rings. The van der Waals surface area contributed by atoms with Crippen molar-refractivity contribution in [3.05, 3.63) is 182 Å². The maximum absolute atomic E-state index is 13.0. The highest BCUT2D eigenvalue weighted by Crippen LogP contribution is 2.19. The van der Waals surface area contributed by atoms with Gasteiger partial charge >= 0.3 is 17.9 Å². The average molecular weight is 1480 g/mol. The Hall–Kier alpha value is -5.61. The summed E-state index contributed by atoms with van der Waals surface area (Å²) in [6, 6.07) is 0. The second kappa shape index (κ2) is 86.0. The number of unbranched alkanes of at least 4 members (excludes halogenated alkanes) is 35. The van der Waals surface area contributed by atoms with Gasteiger partial charge in [0.15, 0.2) is 6.10 Å². The molecule has 608 valence electrons. The number of carboxylic acids is 1. The molecule has 0 aromatic heterocycles. The van der Waals surface area contributed by atoms with Crippen molar-refractivity contribution in [2.45, 2.75) is 373 Å². The van der Waals surface area contributed by atoms with Gasteiger partial charge in [-0.15, -0.1) is 0 Å². The van der Waals surface area contributed by atoms with Crippen LogP contribution in [0.15, 0.2) is 182 Å². The Morgan fingerprint density at radius 3 is 0.748 bits per heavy atom. The van der Waals surface area contributed by atoms with Gasteiger partial charge in [0.2, 0.25) is 0 Å². The van der Waals surface area contributed by atoms with Gasteiger partial charge in [-0.2, -0.15) is 0 Å². The zero-order valence-electron chi connectivity index (χ0n) is 69.7. The quantitative estimate of drug-likeness (QED) is 0.0211. The third-order valence-electron chi connectivity index (χ3n) is 18.7. The minimum absolute atomic E-state index is 0.183. The molecule has 0 saturated heterocycles. The van der Waals surface area contributed by atoms with E-state index in [1.807, 2.05) is 21.1 Å². The van der Waals surface area contributed by atoms with Crippen LogP contribution in [0.1, 0.15) is 361 Å². The molecule has 0 aliphatic rings. The number of nitrogens with zero attached hydrogens (tertiary/aromatic N) is 1. The molecule has 0 aromatic rings. The minimum Gasteiger partial charge on any atom is -0.477 e. The maximum Gasteiger partial charge on any atom is 0.361 e. The van der Waals surface area contributed by atoms with Crippen LogP contribution in [-0.4, -0.2) is 87.4 Å². The van der Waals surface area contributed by atoms with Gasteiger partial charge in [0.25, 0.3) is 6.29 Å². The number of aliphatic carboxylic acids is 1. The molecule has 9 heteroatoms. The summed E-state index contributed by atoms with van der Waals surface area (Å²) in [6.07, 6.45) is 128. The summed E-state index contributed by atoms with van der Waals surface area (Å²) in [5.41, 5.74) is 0. The summed E-state index contributed by atoms with van der Waals surface area (Å²) in [5, 5.41) is 9.80. The van der Waals surface area contributed by atoms with E-state index in [-0.39, 0.29) is 32.2 Å². The summed E-state index contributed by atoms with van der Waals surface area (Å²) in [6.45, 7) is 4.67. The predicted molar refractivity (Wildman–Crippen MR) is 465 cm³/mol. The lowest BCUT2D eigenvalue weighted by Crippen LogP contribution is -2.40. The summed E-state index contributed by atoms with van der Waals surface area (Å²) >= 11 is 0. The van der Waals surface area contributed by atoms with E-state index >= 15 is 0 Å². The number of allylic oxidation sites excluding steroid dienone is 30. The first kappa shape index (κ1) is 101. The number of hydrogen-bond donors (Lipinski definition) is 1. The molecular formula is C98H164NO8+. The van der Waals surface area contributed by atoms with Crippen LogP contribution < -0.4 is 0 Å². The van der Waals surface area contributed by atoms with Crippen molar-refractivity contribution in [2.24, 2.45) is 0 Å². The highest BCUT2D eigenvalue weighted by Gasteiger charge is 2.25. The molecule has 9 nitrogen and oxygen atoms in total. The second-order valence-electron chi connectivity index (χ2n) is 30.1. The Labute approximate surface area is 659 Å².